The van der Waals surface area contributed by atoms with Crippen molar-refractivity contribution in [2.75, 3.05) is 13.1 Å². The van der Waals surface area contributed by atoms with Gasteiger partial charge in [0.25, 0.3) is 0 Å². The third-order valence-corrected chi connectivity index (χ3v) is 4.16. The molecule has 2 aliphatic carbocycles. The third-order valence-electron chi connectivity index (χ3n) is 4.16. The number of carbonyl (C=O) groups excluding carboxylic acids is 1. The second kappa shape index (κ2) is 5.74. The van der Waals surface area contributed by atoms with Gasteiger partial charge >= 0.3 is 0 Å². The Morgan fingerprint density at radius 1 is 1.21 bits per heavy atom. The van der Waals surface area contributed by atoms with Crippen LogP contribution in [-0.4, -0.2) is 19.0 Å². The molecule has 0 aliphatic heterocycles. The van der Waals surface area contributed by atoms with E-state index in [1.54, 1.807) is 0 Å². The standard InChI is InChI=1S/C16H22N2O/c19-16(18-10-12-8-9-12)11-17-15-7-3-5-13-4-1-2-6-14(13)15/h1-2,4,6,12,15,17H,3,5,7-11H2,(H,18,19). The molecule has 1 saturated carbocycles. The van der Waals surface area contributed by atoms with Gasteiger partial charge in [0.15, 0.2) is 0 Å². The lowest BCUT2D eigenvalue weighted by atomic mass is 9.88. The van der Waals surface area contributed by atoms with Crippen molar-refractivity contribution in [3.63, 3.8) is 0 Å². The predicted octanol–water partition coefficient (Wildman–Crippen LogP) is 2.18. The Labute approximate surface area is 114 Å². The first-order chi connectivity index (χ1) is 9.33. The van der Waals surface area contributed by atoms with Crippen molar-refractivity contribution >= 4 is 5.91 Å². The highest BCUT2D eigenvalue weighted by Crippen LogP contribution is 2.29. The van der Waals surface area contributed by atoms with E-state index in [1.165, 1.54) is 36.8 Å². The monoisotopic (exact) mass is 258 g/mol. The first kappa shape index (κ1) is 12.7. The number of aryl methyl sites for hydroxylation is 1. The van der Waals surface area contributed by atoms with Gasteiger partial charge in [-0.15, -0.1) is 0 Å². The van der Waals surface area contributed by atoms with Gasteiger partial charge in [0, 0.05) is 12.6 Å². The Balaban J connectivity index is 1.51. The van der Waals surface area contributed by atoms with Crippen molar-refractivity contribution in [1.82, 2.24) is 10.6 Å². The molecule has 19 heavy (non-hydrogen) atoms. The lowest BCUT2D eigenvalue weighted by Gasteiger charge is -2.26. The Morgan fingerprint density at radius 3 is 2.89 bits per heavy atom. The Hall–Kier alpha value is -1.35. The number of hydrogen-bond acceptors (Lipinski definition) is 2. The van der Waals surface area contributed by atoms with Crippen molar-refractivity contribution in [2.45, 2.75) is 38.1 Å². The van der Waals surface area contributed by atoms with E-state index in [4.69, 9.17) is 0 Å². The number of hydrogen-bond donors (Lipinski definition) is 2. The van der Waals surface area contributed by atoms with Crippen LogP contribution in [0.25, 0.3) is 0 Å². The van der Waals surface area contributed by atoms with Crippen LogP contribution < -0.4 is 10.6 Å². The summed E-state index contributed by atoms with van der Waals surface area (Å²) in [5, 5.41) is 6.42. The predicted molar refractivity (Wildman–Crippen MR) is 75.9 cm³/mol. The minimum Gasteiger partial charge on any atom is -0.355 e. The van der Waals surface area contributed by atoms with Crippen LogP contribution in [0.5, 0.6) is 0 Å². The first-order valence-electron chi connectivity index (χ1n) is 7.41. The zero-order chi connectivity index (χ0) is 13.1. The van der Waals surface area contributed by atoms with E-state index in [0.29, 0.717) is 12.6 Å². The molecular weight excluding hydrogens is 236 g/mol. The van der Waals surface area contributed by atoms with Crippen molar-refractivity contribution < 1.29 is 4.79 Å². The molecule has 0 spiro atoms. The maximum atomic E-state index is 11.8. The number of amides is 1. The number of fused-ring (bicyclic) bond motifs is 1. The SMILES string of the molecule is O=C(CNC1CCCc2ccccc21)NCC1CC1. The number of rotatable bonds is 5. The van der Waals surface area contributed by atoms with E-state index in [9.17, 15) is 4.79 Å². The summed E-state index contributed by atoms with van der Waals surface area (Å²) in [6.45, 7) is 1.30. The molecule has 2 N–H and O–H groups in total. The molecule has 1 amide bonds. The molecule has 1 unspecified atom stereocenters. The molecule has 3 heteroatoms. The van der Waals surface area contributed by atoms with Crippen LogP contribution in [0.15, 0.2) is 24.3 Å². The van der Waals surface area contributed by atoms with E-state index < -0.39 is 0 Å². The highest BCUT2D eigenvalue weighted by molar-refractivity contribution is 5.78. The highest BCUT2D eigenvalue weighted by atomic mass is 16.1. The number of nitrogens with one attached hydrogen (secondary N) is 2. The van der Waals surface area contributed by atoms with Gasteiger partial charge in [0.2, 0.25) is 5.91 Å². The van der Waals surface area contributed by atoms with Gasteiger partial charge in [-0.3, -0.25) is 4.79 Å². The molecule has 2 aliphatic rings. The van der Waals surface area contributed by atoms with E-state index in [0.717, 1.165) is 18.9 Å². The maximum Gasteiger partial charge on any atom is 0.233 e. The molecule has 0 radical (unpaired) electrons. The van der Waals surface area contributed by atoms with Gasteiger partial charge in [0.05, 0.1) is 6.54 Å². The van der Waals surface area contributed by atoms with Crippen LogP contribution in [0.1, 0.15) is 42.9 Å². The van der Waals surface area contributed by atoms with Crippen LogP contribution in [-0.2, 0) is 11.2 Å². The second-order valence-electron chi connectivity index (χ2n) is 5.77. The van der Waals surface area contributed by atoms with Crippen LogP contribution in [0.4, 0.5) is 0 Å². The first-order valence-corrected chi connectivity index (χ1v) is 7.41. The second-order valence-corrected chi connectivity index (χ2v) is 5.77. The smallest absolute Gasteiger partial charge is 0.233 e. The summed E-state index contributed by atoms with van der Waals surface area (Å²) >= 11 is 0. The summed E-state index contributed by atoms with van der Waals surface area (Å²) in [4.78, 5) is 11.8. The molecule has 0 bridgehead atoms. The third kappa shape index (κ3) is 3.35. The van der Waals surface area contributed by atoms with E-state index in [-0.39, 0.29) is 5.91 Å². The van der Waals surface area contributed by atoms with Gasteiger partial charge in [-0.25, -0.2) is 0 Å². The van der Waals surface area contributed by atoms with Crippen molar-refractivity contribution in [3.8, 4) is 0 Å². The zero-order valence-corrected chi connectivity index (χ0v) is 11.3. The van der Waals surface area contributed by atoms with Crippen LogP contribution >= 0.6 is 0 Å². The Bertz CT molecular complexity index is 454. The molecule has 1 aromatic rings. The normalized spacial score (nSPS) is 21.8. The molecule has 3 nitrogen and oxygen atoms in total. The van der Waals surface area contributed by atoms with Gasteiger partial charge in [0.1, 0.15) is 0 Å². The molecule has 0 heterocycles. The number of carbonyl (C=O) groups is 1. The largest absolute Gasteiger partial charge is 0.355 e. The quantitative estimate of drug-likeness (QED) is 0.850. The van der Waals surface area contributed by atoms with E-state index in [1.807, 2.05) is 0 Å². The molecule has 1 aromatic carbocycles. The number of benzene rings is 1. The molecule has 0 saturated heterocycles. The van der Waals surface area contributed by atoms with Crippen LogP contribution in [0, 0.1) is 5.92 Å². The van der Waals surface area contributed by atoms with Gasteiger partial charge < -0.3 is 10.6 Å². The molecule has 102 valence electrons. The Kier molecular flexibility index (Phi) is 3.83. The maximum absolute atomic E-state index is 11.8. The summed E-state index contributed by atoms with van der Waals surface area (Å²) in [7, 11) is 0. The summed E-state index contributed by atoms with van der Waals surface area (Å²) in [6, 6.07) is 8.93. The van der Waals surface area contributed by atoms with Gasteiger partial charge in [-0.2, -0.15) is 0 Å². The van der Waals surface area contributed by atoms with Crippen LogP contribution in [0.3, 0.4) is 0 Å². The molecular formula is C16H22N2O. The molecule has 0 aromatic heterocycles. The van der Waals surface area contributed by atoms with Crippen molar-refractivity contribution in [1.29, 1.82) is 0 Å². The highest BCUT2D eigenvalue weighted by Gasteiger charge is 2.22. The lowest BCUT2D eigenvalue weighted by molar-refractivity contribution is -0.120. The van der Waals surface area contributed by atoms with Crippen LogP contribution in [0.2, 0.25) is 0 Å². The molecule has 1 fully saturated rings. The average molecular weight is 258 g/mol. The summed E-state index contributed by atoms with van der Waals surface area (Å²) in [5.74, 6) is 0.884. The minimum absolute atomic E-state index is 0.134. The van der Waals surface area contributed by atoms with E-state index >= 15 is 0 Å². The fourth-order valence-electron chi connectivity index (χ4n) is 2.82. The topological polar surface area (TPSA) is 41.1 Å². The Morgan fingerprint density at radius 2 is 2.05 bits per heavy atom. The average Bonchev–Trinajstić information content (AvgIpc) is 3.27. The van der Waals surface area contributed by atoms with E-state index in [2.05, 4.69) is 34.9 Å². The minimum atomic E-state index is 0.134. The van der Waals surface area contributed by atoms with Crippen molar-refractivity contribution in [3.05, 3.63) is 35.4 Å². The summed E-state index contributed by atoms with van der Waals surface area (Å²) < 4.78 is 0. The van der Waals surface area contributed by atoms with Crippen molar-refractivity contribution in [2.24, 2.45) is 5.92 Å². The zero-order valence-electron chi connectivity index (χ0n) is 11.3. The summed E-state index contributed by atoms with van der Waals surface area (Å²) in [5.41, 5.74) is 2.81. The fourth-order valence-corrected chi connectivity index (χ4v) is 2.82. The molecule has 3 rings (SSSR count). The van der Waals surface area contributed by atoms with Gasteiger partial charge in [-0.05, 0) is 49.1 Å². The van der Waals surface area contributed by atoms with Gasteiger partial charge in [-0.1, -0.05) is 24.3 Å². The fraction of sp³-hybridized carbons (Fsp3) is 0.562. The summed E-state index contributed by atoms with van der Waals surface area (Å²) in [6.07, 6.45) is 6.07. The lowest BCUT2D eigenvalue weighted by Crippen LogP contribution is -2.37. The molecule has 1 atom stereocenters.